The first-order valence-electron chi connectivity index (χ1n) is 7.88. The van der Waals surface area contributed by atoms with Gasteiger partial charge < -0.3 is 9.84 Å². The molecular formula is C19H20N2O3. The van der Waals surface area contributed by atoms with Crippen molar-refractivity contribution in [3.8, 4) is 5.75 Å². The molecule has 5 heteroatoms. The second-order valence-corrected chi connectivity index (χ2v) is 6.39. The largest absolute Gasteiger partial charge is 0.862 e. The van der Waals surface area contributed by atoms with Crippen LogP contribution >= 0.6 is 0 Å². The van der Waals surface area contributed by atoms with E-state index in [-0.39, 0.29) is 28.8 Å². The summed E-state index contributed by atoms with van der Waals surface area (Å²) in [6.07, 6.45) is -0.108. The smallest absolute Gasteiger partial charge is 0.354 e. The average Bonchev–Trinajstić information content (AvgIpc) is 2.71. The Kier molecular flexibility index (Phi) is 4.11. The van der Waals surface area contributed by atoms with Crippen molar-refractivity contribution in [1.29, 1.82) is 0 Å². The van der Waals surface area contributed by atoms with Crippen molar-refractivity contribution in [3.63, 3.8) is 0 Å². The number of para-hydroxylation sites is 2. The summed E-state index contributed by atoms with van der Waals surface area (Å²) in [6, 6.07) is 14.7. The monoisotopic (exact) mass is 324 g/mol. The third kappa shape index (κ3) is 2.90. The van der Waals surface area contributed by atoms with Gasteiger partial charge in [-0.15, -0.1) is 0 Å². The van der Waals surface area contributed by atoms with Crippen LogP contribution in [0, 0.1) is 0 Å². The van der Waals surface area contributed by atoms with Crippen molar-refractivity contribution >= 4 is 23.2 Å². The SMILES string of the molecule is C[C@@H]1CC([O-])=Nc2cccc(C(=O)[N+](C)(C)c3ccccc3)c2O1. The summed E-state index contributed by atoms with van der Waals surface area (Å²) in [5.74, 6) is 0.0421. The van der Waals surface area contributed by atoms with Gasteiger partial charge in [-0.1, -0.05) is 24.3 Å². The Morgan fingerprint density at radius 3 is 2.58 bits per heavy atom. The van der Waals surface area contributed by atoms with E-state index in [9.17, 15) is 9.90 Å². The quantitative estimate of drug-likeness (QED) is 0.798. The number of ether oxygens (including phenoxy) is 1. The van der Waals surface area contributed by atoms with Crippen LogP contribution in [0.3, 0.4) is 0 Å². The average molecular weight is 324 g/mol. The molecule has 1 aliphatic heterocycles. The van der Waals surface area contributed by atoms with Gasteiger partial charge in [0.2, 0.25) is 0 Å². The number of amides is 1. The third-order valence-electron chi connectivity index (χ3n) is 4.16. The molecule has 0 aliphatic carbocycles. The Labute approximate surface area is 141 Å². The number of hydrogen-bond donors (Lipinski definition) is 0. The van der Waals surface area contributed by atoms with Gasteiger partial charge in [-0.2, -0.15) is 0 Å². The van der Waals surface area contributed by atoms with E-state index >= 15 is 0 Å². The zero-order valence-electron chi connectivity index (χ0n) is 14.0. The molecule has 2 aromatic rings. The summed E-state index contributed by atoms with van der Waals surface area (Å²) in [5.41, 5.74) is 1.73. The van der Waals surface area contributed by atoms with Gasteiger partial charge in [0.1, 0.15) is 23.0 Å². The van der Waals surface area contributed by atoms with Gasteiger partial charge in [0.25, 0.3) is 0 Å². The Morgan fingerprint density at radius 1 is 1.17 bits per heavy atom. The first-order valence-corrected chi connectivity index (χ1v) is 7.88. The van der Waals surface area contributed by atoms with E-state index in [1.807, 2.05) is 44.4 Å². The minimum absolute atomic E-state index is 0.0446. The molecule has 0 bridgehead atoms. The highest BCUT2D eigenvalue weighted by Crippen LogP contribution is 2.36. The molecule has 0 saturated heterocycles. The van der Waals surface area contributed by atoms with E-state index in [0.717, 1.165) is 5.69 Å². The van der Waals surface area contributed by atoms with Crippen LogP contribution < -0.4 is 14.3 Å². The number of quaternary nitrogens is 1. The van der Waals surface area contributed by atoms with Crippen LogP contribution in [0.5, 0.6) is 5.75 Å². The maximum absolute atomic E-state index is 13.2. The van der Waals surface area contributed by atoms with Crippen LogP contribution in [0.1, 0.15) is 23.7 Å². The number of hydrogen-bond acceptors (Lipinski definition) is 4. The fourth-order valence-corrected chi connectivity index (χ4v) is 2.79. The molecule has 1 atom stereocenters. The Morgan fingerprint density at radius 2 is 1.88 bits per heavy atom. The van der Waals surface area contributed by atoms with Crippen molar-refractivity contribution in [2.45, 2.75) is 19.4 Å². The number of benzene rings is 2. The second-order valence-electron chi connectivity index (χ2n) is 6.39. The van der Waals surface area contributed by atoms with Crippen molar-refractivity contribution in [1.82, 2.24) is 4.48 Å². The molecule has 2 aromatic carbocycles. The summed E-state index contributed by atoms with van der Waals surface area (Å²) in [4.78, 5) is 17.3. The Hall–Kier alpha value is -2.66. The normalized spacial score (nSPS) is 17.3. The number of nitrogens with zero attached hydrogens (tertiary/aromatic N) is 2. The third-order valence-corrected chi connectivity index (χ3v) is 4.16. The summed E-state index contributed by atoms with van der Waals surface area (Å²) in [5, 5.41) is 11.8. The Bertz CT molecular complexity index is 798. The topological polar surface area (TPSA) is 61.7 Å². The van der Waals surface area contributed by atoms with Gasteiger partial charge >= 0.3 is 5.91 Å². The van der Waals surface area contributed by atoms with Crippen LogP contribution in [0.2, 0.25) is 0 Å². The highest BCUT2D eigenvalue weighted by Gasteiger charge is 2.34. The van der Waals surface area contributed by atoms with Gasteiger partial charge in [0, 0.05) is 6.42 Å². The highest BCUT2D eigenvalue weighted by atomic mass is 16.5. The fourth-order valence-electron chi connectivity index (χ4n) is 2.79. The minimum atomic E-state index is -0.316. The molecule has 5 nitrogen and oxygen atoms in total. The molecule has 0 spiro atoms. The van der Waals surface area contributed by atoms with E-state index in [1.165, 1.54) is 0 Å². The molecule has 1 amide bonds. The lowest BCUT2D eigenvalue weighted by molar-refractivity contribution is -0.219. The van der Waals surface area contributed by atoms with E-state index in [2.05, 4.69) is 4.99 Å². The standard InChI is InChI=1S/C19H20N2O3/c1-13-12-17(22)20-16-11-7-10-15(18(16)24-13)19(23)21(2,3)14-8-5-4-6-9-14/h4-11,13H,12H2,1-3H3/t13-/m1/s1. The van der Waals surface area contributed by atoms with Crippen molar-refractivity contribution in [2.24, 2.45) is 4.99 Å². The fraction of sp³-hybridized carbons (Fsp3) is 0.263. The lowest BCUT2D eigenvalue weighted by Crippen LogP contribution is -2.46. The molecule has 24 heavy (non-hydrogen) atoms. The lowest BCUT2D eigenvalue weighted by atomic mass is 10.1. The molecule has 0 aromatic heterocycles. The molecule has 3 rings (SSSR count). The Balaban J connectivity index is 2.08. The summed E-state index contributed by atoms with van der Waals surface area (Å²) in [6.45, 7) is 1.81. The van der Waals surface area contributed by atoms with Crippen LogP contribution in [0.15, 0.2) is 53.5 Å². The lowest BCUT2D eigenvalue weighted by Gasteiger charge is -2.27. The molecule has 0 N–H and O–H groups in total. The molecule has 0 saturated carbocycles. The number of fused-ring (bicyclic) bond motifs is 1. The molecule has 124 valence electrons. The van der Waals surface area contributed by atoms with E-state index < -0.39 is 0 Å². The molecule has 0 radical (unpaired) electrons. The van der Waals surface area contributed by atoms with E-state index in [4.69, 9.17) is 4.74 Å². The maximum atomic E-state index is 13.2. The molecular weight excluding hydrogens is 304 g/mol. The number of carbonyl (C=O) groups is 1. The number of rotatable bonds is 2. The molecule has 0 fully saturated rings. The summed E-state index contributed by atoms with van der Waals surface area (Å²) >= 11 is 0. The number of aliphatic imine (C=N–C) groups is 1. The second kappa shape index (κ2) is 6.09. The first kappa shape index (κ1) is 16.2. The molecule has 0 unspecified atom stereocenters. The van der Waals surface area contributed by atoms with Crippen LogP contribution in [0.4, 0.5) is 11.4 Å². The van der Waals surface area contributed by atoms with Crippen LogP contribution in [-0.2, 0) is 0 Å². The van der Waals surface area contributed by atoms with Gasteiger partial charge in [-0.05, 0) is 37.1 Å². The predicted molar refractivity (Wildman–Crippen MR) is 92.7 cm³/mol. The van der Waals surface area contributed by atoms with Crippen LogP contribution in [-0.4, -0.2) is 32.0 Å². The van der Waals surface area contributed by atoms with Gasteiger partial charge in [0.15, 0.2) is 5.75 Å². The van der Waals surface area contributed by atoms with Gasteiger partial charge in [0.05, 0.1) is 14.1 Å². The zero-order valence-corrected chi connectivity index (χ0v) is 14.0. The van der Waals surface area contributed by atoms with Gasteiger partial charge in [-0.25, -0.2) is 9.28 Å². The highest BCUT2D eigenvalue weighted by molar-refractivity contribution is 6.05. The van der Waals surface area contributed by atoms with Crippen LogP contribution in [0.25, 0.3) is 0 Å². The minimum Gasteiger partial charge on any atom is -0.862 e. The first-order chi connectivity index (χ1) is 11.4. The van der Waals surface area contributed by atoms with E-state index in [1.54, 1.807) is 25.1 Å². The van der Waals surface area contributed by atoms with Crippen molar-refractivity contribution < 1.29 is 14.6 Å². The molecule has 1 heterocycles. The predicted octanol–water partition coefficient (Wildman–Crippen LogP) is 2.66. The molecule has 1 aliphatic rings. The van der Waals surface area contributed by atoms with Gasteiger partial charge in [-0.3, -0.25) is 4.99 Å². The van der Waals surface area contributed by atoms with Crippen molar-refractivity contribution in [3.05, 3.63) is 54.1 Å². The van der Waals surface area contributed by atoms with E-state index in [0.29, 0.717) is 17.0 Å². The van der Waals surface area contributed by atoms with Crippen molar-refractivity contribution in [2.75, 3.05) is 14.1 Å². The number of carbonyl (C=O) groups excluding carboxylic acids is 1. The summed E-state index contributed by atoms with van der Waals surface area (Å²) in [7, 11) is 3.67. The zero-order chi connectivity index (χ0) is 17.3. The summed E-state index contributed by atoms with van der Waals surface area (Å²) < 4.78 is 5.91. The maximum Gasteiger partial charge on any atom is 0.354 e.